The summed E-state index contributed by atoms with van der Waals surface area (Å²) in [5.41, 5.74) is 4.33. The average Bonchev–Trinajstić information content (AvgIpc) is 2.61. The fourth-order valence-electron chi connectivity index (χ4n) is 5.74. The van der Waals surface area contributed by atoms with Crippen LogP contribution in [-0.4, -0.2) is 14.1 Å². The molecule has 0 amide bonds. The summed E-state index contributed by atoms with van der Waals surface area (Å²) in [6.45, 7) is 13.9. The van der Waals surface area contributed by atoms with E-state index in [2.05, 4.69) is 71.9 Å². The maximum absolute atomic E-state index is 12.8. The lowest BCUT2D eigenvalue weighted by molar-refractivity contribution is -0.127. The van der Waals surface area contributed by atoms with Crippen molar-refractivity contribution in [3.05, 3.63) is 47.2 Å². The van der Waals surface area contributed by atoms with E-state index in [9.17, 15) is 4.79 Å². The van der Waals surface area contributed by atoms with Gasteiger partial charge in [0.15, 0.2) is 0 Å². The molecule has 0 spiro atoms. The van der Waals surface area contributed by atoms with Gasteiger partial charge in [0.25, 0.3) is 8.32 Å². The normalized spacial score (nSPS) is 23.1. The van der Waals surface area contributed by atoms with Gasteiger partial charge in [0.1, 0.15) is 5.78 Å². The van der Waals surface area contributed by atoms with Crippen molar-refractivity contribution in [1.29, 1.82) is 0 Å². The fraction of sp³-hybridized carbons (Fsp3) is 0.625. The van der Waals surface area contributed by atoms with Crippen molar-refractivity contribution in [1.82, 2.24) is 0 Å². The van der Waals surface area contributed by atoms with Crippen LogP contribution in [0.2, 0.25) is 16.6 Å². The number of hydrogen-bond donors (Lipinski definition) is 0. The second kappa shape index (κ2) is 7.95. The van der Waals surface area contributed by atoms with E-state index in [0.29, 0.717) is 28.3 Å². The molecule has 0 N–H and O–H groups in total. The number of Topliss-reactive ketones (excluding diaryl/α,β-unsaturated/α-hetero) is 1. The second-order valence-corrected chi connectivity index (χ2v) is 14.8. The van der Waals surface area contributed by atoms with Crippen LogP contribution in [0.15, 0.2) is 41.7 Å². The highest BCUT2D eigenvalue weighted by molar-refractivity contribution is 6.77. The number of hydrogen-bond acceptors (Lipinski definition) is 2. The molecule has 3 heteroatoms. The molecule has 0 saturated heterocycles. The van der Waals surface area contributed by atoms with Gasteiger partial charge in [-0.2, -0.15) is 0 Å². The minimum atomic E-state index is -2.04. The molecule has 1 aromatic carbocycles. The molecule has 0 unspecified atom stereocenters. The Morgan fingerprint density at radius 3 is 2.15 bits per heavy atom. The molecule has 1 fully saturated rings. The first kappa shape index (κ1) is 20.4. The Morgan fingerprint density at radius 1 is 1.00 bits per heavy atom. The molecule has 0 aliphatic heterocycles. The van der Waals surface area contributed by atoms with Crippen molar-refractivity contribution in [2.75, 3.05) is 0 Å². The third-order valence-corrected chi connectivity index (χ3v) is 13.0. The molecule has 0 bridgehead atoms. The first-order valence-electron chi connectivity index (χ1n) is 10.8. The monoisotopic (exact) mass is 384 g/mol. The summed E-state index contributed by atoms with van der Waals surface area (Å²) in [6, 6.07) is 10.7. The number of rotatable bonds is 7. The third-order valence-electron chi connectivity index (χ3n) is 6.97. The van der Waals surface area contributed by atoms with Crippen molar-refractivity contribution in [3.8, 4) is 0 Å². The molecular formula is C24H36O2Si. The first-order chi connectivity index (χ1) is 12.8. The molecule has 1 aromatic rings. The van der Waals surface area contributed by atoms with Gasteiger partial charge < -0.3 is 4.43 Å². The van der Waals surface area contributed by atoms with Crippen LogP contribution in [-0.2, 0) is 15.6 Å². The van der Waals surface area contributed by atoms with E-state index in [1.807, 2.05) is 0 Å². The Hall–Kier alpha value is -1.35. The summed E-state index contributed by atoms with van der Waals surface area (Å²) in [4.78, 5) is 12.8. The fourth-order valence-corrected chi connectivity index (χ4v) is 11.1. The zero-order valence-electron chi connectivity index (χ0n) is 17.9. The van der Waals surface area contributed by atoms with Crippen LogP contribution in [0.1, 0.15) is 66.4 Å². The highest BCUT2D eigenvalue weighted by Gasteiger charge is 2.53. The van der Waals surface area contributed by atoms with Gasteiger partial charge in [-0.05, 0) is 47.0 Å². The van der Waals surface area contributed by atoms with Gasteiger partial charge in [-0.25, -0.2) is 0 Å². The molecule has 27 heavy (non-hydrogen) atoms. The van der Waals surface area contributed by atoms with Crippen LogP contribution < -0.4 is 0 Å². The maximum atomic E-state index is 12.8. The topological polar surface area (TPSA) is 26.3 Å². The van der Waals surface area contributed by atoms with Crippen molar-refractivity contribution in [2.45, 2.75) is 83.8 Å². The van der Waals surface area contributed by atoms with Gasteiger partial charge >= 0.3 is 0 Å². The van der Waals surface area contributed by atoms with Crippen LogP contribution in [0.3, 0.4) is 0 Å². The zero-order valence-corrected chi connectivity index (χ0v) is 18.9. The molecule has 3 rings (SSSR count). The van der Waals surface area contributed by atoms with E-state index >= 15 is 0 Å². The van der Waals surface area contributed by atoms with Gasteiger partial charge in [-0.3, -0.25) is 4.79 Å². The summed E-state index contributed by atoms with van der Waals surface area (Å²) in [6.07, 6.45) is 3.84. The van der Waals surface area contributed by atoms with E-state index in [1.54, 1.807) is 0 Å². The van der Waals surface area contributed by atoms with Crippen molar-refractivity contribution >= 4 is 14.1 Å². The number of benzene rings is 1. The Morgan fingerprint density at radius 2 is 1.59 bits per heavy atom. The first-order valence-corrected chi connectivity index (χ1v) is 12.9. The van der Waals surface area contributed by atoms with Crippen LogP contribution >= 0.6 is 0 Å². The van der Waals surface area contributed by atoms with Crippen molar-refractivity contribution in [3.63, 3.8) is 0 Å². The van der Waals surface area contributed by atoms with Gasteiger partial charge in [-0.15, -0.1) is 0 Å². The number of carbonyl (C=O) groups is 1. The Balaban J connectivity index is 2.01. The van der Waals surface area contributed by atoms with Crippen LogP contribution in [0, 0.1) is 11.8 Å². The lowest BCUT2D eigenvalue weighted by Gasteiger charge is -2.51. The smallest absolute Gasteiger partial charge is 0.258 e. The van der Waals surface area contributed by atoms with E-state index in [4.69, 9.17) is 4.43 Å². The molecule has 0 aromatic heterocycles. The SMILES string of the molecule is CC(C)[Si](OC1=C(Cc2ccccc2)[C@H]2CCCC(=O)[C@@H]12)(C(C)C)C(C)C. The summed E-state index contributed by atoms with van der Waals surface area (Å²) >= 11 is 0. The molecule has 2 aliphatic rings. The largest absolute Gasteiger partial charge is 0.545 e. The van der Waals surface area contributed by atoms with Gasteiger partial charge in [0.2, 0.25) is 0 Å². The molecule has 1 saturated carbocycles. The lowest BCUT2D eigenvalue weighted by atomic mass is 9.63. The molecular weight excluding hydrogens is 348 g/mol. The van der Waals surface area contributed by atoms with Gasteiger partial charge in [-0.1, -0.05) is 71.9 Å². The van der Waals surface area contributed by atoms with E-state index in [-0.39, 0.29) is 5.92 Å². The van der Waals surface area contributed by atoms with Crippen LogP contribution in [0.5, 0.6) is 0 Å². The van der Waals surface area contributed by atoms with Crippen molar-refractivity contribution in [2.24, 2.45) is 11.8 Å². The zero-order chi connectivity index (χ0) is 19.8. The maximum Gasteiger partial charge on any atom is 0.258 e. The Bertz CT molecular complexity index is 681. The quantitative estimate of drug-likeness (QED) is 0.490. The van der Waals surface area contributed by atoms with E-state index in [1.165, 1.54) is 11.1 Å². The number of fused-ring (bicyclic) bond motifs is 1. The van der Waals surface area contributed by atoms with Gasteiger partial charge in [0, 0.05) is 12.3 Å². The molecule has 148 valence electrons. The second-order valence-electron chi connectivity index (χ2n) is 9.41. The molecule has 2 aliphatic carbocycles. The summed E-state index contributed by atoms with van der Waals surface area (Å²) in [7, 11) is -2.04. The van der Waals surface area contributed by atoms with Crippen LogP contribution in [0.4, 0.5) is 0 Å². The third kappa shape index (κ3) is 3.55. The average molecular weight is 385 g/mol. The summed E-state index contributed by atoms with van der Waals surface area (Å²) < 4.78 is 7.08. The minimum absolute atomic E-state index is 0.0422. The lowest BCUT2D eigenvalue weighted by Crippen LogP contribution is -2.52. The van der Waals surface area contributed by atoms with Crippen LogP contribution in [0.25, 0.3) is 0 Å². The number of allylic oxidation sites excluding steroid dienone is 2. The van der Waals surface area contributed by atoms with Gasteiger partial charge in [0.05, 0.1) is 11.7 Å². The Labute approximate surface area is 166 Å². The molecule has 0 heterocycles. The standard InChI is InChI=1S/C24H36O2Si/c1-16(2)27(17(3)4,18(5)6)26-24-21(15-19-11-8-7-9-12-19)20-13-10-14-22(25)23(20)24/h7-9,11-12,16-18,20,23H,10,13-15H2,1-6H3/t20-,23+/m1/s1. The minimum Gasteiger partial charge on any atom is -0.545 e. The number of ketones is 1. The van der Waals surface area contributed by atoms with Crippen molar-refractivity contribution < 1.29 is 9.22 Å². The molecule has 2 atom stereocenters. The highest BCUT2D eigenvalue weighted by Crippen LogP contribution is 2.54. The summed E-state index contributed by atoms with van der Waals surface area (Å²) in [5, 5.41) is 0. The number of carbonyl (C=O) groups excluding carboxylic acids is 1. The summed E-state index contributed by atoms with van der Waals surface area (Å²) in [5.74, 6) is 1.95. The van der Waals surface area contributed by atoms with E-state index in [0.717, 1.165) is 31.4 Å². The molecule has 0 radical (unpaired) electrons. The molecule has 2 nitrogen and oxygen atoms in total. The van der Waals surface area contributed by atoms with E-state index < -0.39 is 8.32 Å². The highest BCUT2D eigenvalue weighted by atomic mass is 28.4. The Kier molecular flexibility index (Phi) is 6.00. The predicted molar refractivity (Wildman–Crippen MR) is 115 cm³/mol. The predicted octanol–water partition coefficient (Wildman–Crippen LogP) is 6.67.